The zero-order valence-electron chi connectivity index (χ0n) is 31.9. The van der Waals surface area contributed by atoms with Gasteiger partial charge in [0.1, 0.15) is 29.4 Å². The van der Waals surface area contributed by atoms with Gasteiger partial charge in [0.15, 0.2) is 0 Å². The fourth-order valence-electron chi connectivity index (χ4n) is 7.64. The minimum Gasteiger partial charge on any atom is -0.471 e. The van der Waals surface area contributed by atoms with E-state index in [1.54, 1.807) is 13.8 Å². The molecule has 0 radical (unpaired) electrons. The summed E-state index contributed by atoms with van der Waals surface area (Å²) in [5.74, 6) is -2.70. The highest BCUT2D eigenvalue weighted by molar-refractivity contribution is 7.91. The maximum atomic E-state index is 14.5. The summed E-state index contributed by atoms with van der Waals surface area (Å²) in [6.45, 7) is 7.51. The average Bonchev–Trinajstić information content (AvgIpc) is 4.11. The van der Waals surface area contributed by atoms with Crippen molar-refractivity contribution < 1.29 is 37.1 Å². The molecule has 56 heavy (non-hydrogen) atoms. The zero-order chi connectivity index (χ0) is 39.6. The van der Waals surface area contributed by atoms with Crippen LogP contribution in [0.25, 0.3) is 22.3 Å². The number of cyclic esters (lactones) is 1. The lowest BCUT2D eigenvalue weighted by atomic mass is 10.0. The lowest BCUT2D eigenvalue weighted by molar-refractivity contribution is -0.141. The molecule has 1 aromatic heterocycles. The van der Waals surface area contributed by atoms with E-state index in [1.807, 2.05) is 42.5 Å². The van der Waals surface area contributed by atoms with E-state index in [9.17, 15) is 27.6 Å². The highest BCUT2D eigenvalue weighted by atomic mass is 32.2. The number of ether oxygens (including phenoxy) is 2. The number of fused-ring (bicyclic) bond motifs is 4. The number of rotatable bonds is 8. The summed E-state index contributed by atoms with van der Waals surface area (Å²) >= 11 is 0. The second-order valence-corrected chi connectivity index (χ2v) is 17.7. The van der Waals surface area contributed by atoms with Gasteiger partial charge in [0.05, 0.1) is 29.4 Å². The van der Waals surface area contributed by atoms with Gasteiger partial charge < -0.3 is 25.0 Å². The van der Waals surface area contributed by atoms with E-state index in [-0.39, 0.29) is 37.8 Å². The number of aromatic nitrogens is 2. The van der Waals surface area contributed by atoms with Crippen LogP contribution in [0.1, 0.15) is 77.2 Å². The van der Waals surface area contributed by atoms with Crippen molar-refractivity contribution in [1.29, 1.82) is 0 Å². The molecule has 0 unspecified atom stereocenters. The van der Waals surface area contributed by atoms with Crippen LogP contribution in [0.4, 0.5) is 4.79 Å². The molecule has 1 saturated heterocycles. The molecule has 2 saturated carbocycles. The Labute approximate surface area is 327 Å². The third kappa shape index (κ3) is 8.52. The van der Waals surface area contributed by atoms with E-state index in [1.165, 1.54) is 11.0 Å². The largest absolute Gasteiger partial charge is 0.471 e. The number of sulfonamides is 1. The van der Waals surface area contributed by atoms with Crippen LogP contribution < -0.4 is 20.1 Å². The van der Waals surface area contributed by atoms with Gasteiger partial charge in [0, 0.05) is 17.9 Å². The van der Waals surface area contributed by atoms with E-state index in [4.69, 9.17) is 19.4 Å². The number of amides is 4. The normalized spacial score (nSPS) is 26.2. The van der Waals surface area contributed by atoms with Crippen LogP contribution in [0.15, 0.2) is 61.2 Å². The lowest BCUT2D eigenvalue weighted by Gasteiger charge is -2.31. The molecule has 5 bridgehead atoms. The summed E-state index contributed by atoms with van der Waals surface area (Å²) in [4.78, 5) is 66.7. The molecule has 7 rings (SSSR count). The summed E-state index contributed by atoms with van der Waals surface area (Å²) < 4.78 is 39.8. The molecule has 5 atom stereocenters. The standard InChI is InChI=1S/C41H50N6O8S/c1-4-28-23-41(28,39(50)46-56(52,53)30-17-18-30)45-36(48)33-22-29-24-47(33)38(49)34(25(2)3)44-40(51)54-20-12-7-5-6-9-13-26-16-19-31-32(21-26)43-37(55-29)35(42-31)27-14-10-8-11-15-27/h4,8,10-11,14-16,19,21,25,28-30,33-34H,1,5-7,9,12-13,17-18,20,22-24H2,2-3H3,(H,44,51)(H,45,48)(H,46,50)/t28-,29-,33+,34+,41+/m1/s1. The van der Waals surface area contributed by atoms with Crippen molar-refractivity contribution in [3.8, 4) is 17.1 Å². The second-order valence-electron chi connectivity index (χ2n) is 15.8. The Morgan fingerprint density at radius 3 is 2.48 bits per heavy atom. The summed E-state index contributed by atoms with van der Waals surface area (Å²) in [5.41, 5.74) is 2.18. The first-order valence-corrected chi connectivity index (χ1v) is 21.2. The van der Waals surface area contributed by atoms with Crippen molar-refractivity contribution in [1.82, 2.24) is 30.2 Å². The maximum absolute atomic E-state index is 14.5. The van der Waals surface area contributed by atoms with Crippen LogP contribution in [0.2, 0.25) is 0 Å². The SMILES string of the molecule is C=C[C@@H]1C[C@@]1(NC(=O)[C@@H]1C[C@@H]2CN1C(=O)[C@H](C(C)C)NC(=O)OCCCCCCCc1ccc3nc(-c4ccccc4)c(nc3c1)O2)C(=O)NS(=O)(=O)C1CC1. The number of nitrogens with zero attached hydrogens (tertiary/aromatic N) is 3. The molecule has 4 aliphatic rings. The molecule has 3 N–H and O–H groups in total. The van der Waals surface area contributed by atoms with E-state index in [0.717, 1.165) is 43.2 Å². The predicted molar refractivity (Wildman–Crippen MR) is 209 cm³/mol. The van der Waals surface area contributed by atoms with Crippen molar-refractivity contribution in [3.63, 3.8) is 0 Å². The van der Waals surface area contributed by atoms with Crippen LogP contribution in [0, 0.1) is 11.8 Å². The van der Waals surface area contributed by atoms with Crippen LogP contribution in [0.5, 0.6) is 5.88 Å². The van der Waals surface area contributed by atoms with E-state index < -0.39 is 68.7 Å². The second kappa shape index (κ2) is 16.2. The summed E-state index contributed by atoms with van der Waals surface area (Å²) in [6.07, 6.45) is 6.51. The van der Waals surface area contributed by atoms with Gasteiger partial charge in [0.2, 0.25) is 27.7 Å². The molecule has 0 spiro atoms. The Hall–Kier alpha value is -5.05. The molecule has 14 nitrogen and oxygen atoms in total. The maximum Gasteiger partial charge on any atom is 0.407 e. The molecule has 2 aliphatic carbocycles. The Morgan fingerprint density at radius 2 is 1.77 bits per heavy atom. The average molecular weight is 787 g/mol. The van der Waals surface area contributed by atoms with Gasteiger partial charge in [-0.05, 0) is 62.1 Å². The van der Waals surface area contributed by atoms with Gasteiger partial charge in [-0.15, -0.1) is 6.58 Å². The quantitative estimate of drug-likeness (QED) is 0.273. The lowest BCUT2D eigenvalue weighted by Crippen LogP contribution is -2.59. The third-order valence-electron chi connectivity index (χ3n) is 11.2. The van der Waals surface area contributed by atoms with Gasteiger partial charge in [-0.2, -0.15) is 0 Å². The Bertz CT molecular complexity index is 2110. The molecule has 15 heteroatoms. The van der Waals surface area contributed by atoms with Gasteiger partial charge in [-0.1, -0.05) is 75.6 Å². The number of benzene rings is 2. The Balaban J connectivity index is 1.23. The minimum atomic E-state index is -3.90. The van der Waals surface area contributed by atoms with Crippen LogP contribution in [0.3, 0.4) is 0 Å². The third-order valence-corrected chi connectivity index (χ3v) is 13.0. The number of aryl methyl sites for hydroxylation is 1. The van der Waals surface area contributed by atoms with Gasteiger partial charge >= 0.3 is 6.09 Å². The molecule has 298 valence electrons. The zero-order valence-corrected chi connectivity index (χ0v) is 32.7. The summed E-state index contributed by atoms with van der Waals surface area (Å²) in [7, 11) is -3.90. The van der Waals surface area contributed by atoms with Crippen molar-refractivity contribution in [3.05, 3.63) is 66.7 Å². The van der Waals surface area contributed by atoms with E-state index >= 15 is 0 Å². The molecule has 3 fully saturated rings. The summed E-state index contributed by atoms with van der Waals surface area (Å²) in [6, 6.07) is 13.3. The van der Waals surface area contributed by atoms with Crippen LogP contribution in [-0.4, -0.2) is 89.2 Å². The number of alkyl carbamates (subject to hydrolysis) is 1. The Morgan fingerprint density at radius 1 is 1.02 bits per heavy atom. The molecular weight excluding hydrogens is 737 g/mol. The monoisotopic (exact) mass is 786 g/mol. The molecule has 3 aromatic rings. The number of carbonyl (C=O) groups excluding carboxylic acids is 4. The van der Waals surface area contributed by atoms with Crippen LogP contribution in [-0.2, 0) is 35.6 Å². The van der Waals surface area contributed by atoms with Crippen molar-refractivity contribution in [2.24, 2.45) is 11.8 Å². The number of hydrogen-bond acceptors (Lipinski definition) is 10. The van der Waals surface area contributed by atoms with Gasteiger partial charge in [-0.25, -0.2) is 23.2 Å². The van der Waals surface area contributed by atoms with Crippen LogP contribution >= 0.6 is 0 Å². The predicted octanol–water partition coefficient (Wildman–Crippen LogP) is 4.57. The number of nitrogens with one attached hydrogen (secondary N) is 3. The smallest absolute Gasteiger partial charge is 0.407 e. The molecule has 4 amide bonds. The number of hydrogen-bond donors (Lipinski definition) is 3. The molecule has 2 aliphatic heterocycles. The summed E-state index contributed by atoms with van der Waals surface area (Å²) in [5, 5.41) is 4.90. The first kappa shape index (κ1) is 39.2. The van der Waals surface area contributed by atoms with E-state index in [2.05, 4.69) is 28.0 Å². The van der Waals surface area contributed by atoms with Crippen molar-refractivity contribution >= 4 is 44.9 Å². The van der Waals surface area contributed by atoms with Gasteiger partial charge in [0.25, 0.3) is 5.91 Å². The first-order valence-electron chi connectivity index (χ1n) is 19.7. The van der Waals surface area contributed by atoms with E-state index in [0.29, 0.717) is 36.0 Å². The topological polar surface area (TPSA) is 186 Å². The van der Waals surface area contributed by atoms with Gasteiger partial charge in [-0.3, -0.25) is 19.1 Å². The first-order chi connectivity index (χ1) is 26.9. The van der Waals surface area contributed by atoms with Crippen molar-refractivity contribution in [2.75, 3.05) is 13.2 Å². The fraction of sp³-hybridized carbons (Fsp3) is 0.512. The molecule has 2 aromatic carbocycles. The highest BCUT2D eigenvalue weighted by Crippen LogP contribution is 2.45. The van der Waals surface area contributed by atoms with Crippen molar-refractivity contribution in [2.45, 2.75) is 107 Å². The number of carbonyl (C=O) groups is 4. The molecule has 3 heterocycles. The fourth-order valence-corrected chi connectivity index (χ4v) is 9.01. The minimum absolute atomic E-state index is 0.0116. The molecular formula is C41H50N6O8S. The Kier molecular flexibility index (Phi) is 11.3. The highest BCUT2D eigenvalue weighted by Gasteiger charge is 2.62.